The summed E-state index contributed by atoms with van der Waals surface area (Å²) >= 11 is 0. The normalized spacial score (nSPS) is 10.8. The number of aromatic nitrogens is 2. The van der Waals surface area contributed by atoms with Gasteiger partial charge in [0.15, 0.2) is 0 Å². The number of carboxylic acids is 1. The molecule has 24 heavy (non-hydrogen) atoms. The van der Waals surface area contributed by atoms with E-state index in [4.69, 9.17) is 5.11 Å². The summed E-state index contributed by atoms with van der Waals surface area (Å²) in [6.07, 6.45) is 5.02. The van der Waals surface area contributed by atoms with Crippen LogP contribution in [0.25, 0.3) is 22.0 Å². The molecule has 6 heteroatoms. The highest BCUT2D eigenvalue weighted by molar-refractivity contribution is 5.95. The second-order valence-electron chi connectivity index (χ2n) is 5.77. The number of rotatable bonds is 4. The lowest BCUT2D eigenvalue weighted by Crippen LogP contribution is -2.21. The molecule has 0 saturated carbocycles. The number of hydrogen-bond acceptors (Lipinski definition) is 3. The van der Waals surface area contributed by atoms with Gasteiger partial charge in [0, 0.05) is 49.2 Å². The van der Waals surface area contributed by atoms with Gasteiger partial charge in [-0.25, -0.2) is 0 Å². The molecule has 1 aromatic carbocycles. The van der Waals surface area contributed by atoms with Crippen LogP contribution in [-0.2, 0) is 11.3 Å². The number of carbonyl (C=O) groups is 2. The smallest absolute Gasteiger partial charge is 0.323 e. The summed E-state index contributed by atoms with van der Waals surface area (Å²) in [6, 6.07) is 9.44. The molecule has 2 aromatic heterocycles. The number of nitrogens with zero attached hydrogens (tertiary/aromatic N) is 3. The first-order valence-corrected chi connectivity index (χ1v) is 7.43. The number of hydrogen-bond donors (Lipinski definition) is 1. The highest BCUT2D eigenvalue weighted by Crippen LogP contribution is 2.25. The number of fused-ring (bicyclic) bond motifs is 1. The van der Waals surface area contributed by atoms with E-state index in [2.05, 4.69) is 4.98 Å². The second-order valence-corrected chi connectivity index (χ2v) is 5.77. The summed E-state index contributed by atoms with van der Waals surface area (Å²) in [4.78, 5) is 28.6. The quantitative estimate of drug-likeness (QED) is 0.800. The van der Waals surface area contributed by atoms with E-state index < -0.39 is 5.97 Å². The van der Waals surface area contributed by atoms with Gasteiger partial charge in [0.05, 0.1) is 5.56 Å². The van der Waals surface area contributed by atoms with E-state index in [-0.39, 0.29) is 12.5 Å². The zero-order valence-electron chi connectivity index (χ0n) is 13.4. The first-order chi connectivity index (χ1) is 11.5. The van der Waals surface area contributed by atoms with Crippen LogP contribution in [0.3, 0.4) is 0 Å². The van der Waals surface area contributed by atoms with Crippen LogP contribution < -0.4 is 0 Å². The molecule has 2 heterocycles. The number of amides is 1. The number of carbonyl (C=O) groups excluding carboxylic acids is 1. The Morgan fingerprint density at radius 3 is 2.62 bits per heavy atom. The molecule has 0 unspecified atom stereocenters. The predicted octanol–water partition coefficient (Wildman–Crippen LogP) is 2.49. The molecule has 0 aliphatic carbocycles. The van der Waals surface area contributed by atoms with Crippen LogP contribution in [0.1, 0.15) is 10.4 Å². The first kappa shape index (κ1) is 15.7. The van der Waals surface area contributed by atoms with Gasteiger partial charge in [-0.3, -0.25) is 14.6 Å². The van der Waals surface area contributed by atoms with Crippen molar-refractivity contribution in [3.05, 3.63) is 54.5 Å². The van der Waals surface area contributed by atoms with Crippen LogP contribution in [0.2, 0.25) is 0 Å². The topological polar surface area (TPSA) is 75.4 Å². The van der Waals surface area contributed by atoms with Gasteiger partial charge in [0.1, 0.15) is 6.54 Å². The van der Waals surface area contributed by atoms with Gasteiger partial charge in [0.25, 0.3) is 5.91 Å². The molecule has 0 atom stereocenters. The predicted molar refractivity (Wildman–Crippen MR) is 90.8 cm³/mol. The molecule has 0 bridgehead atoms. The summed E-state index contributed by atoms with van der Waals surface area (Å²) < 4.78 is 1.69. The van der Waals surface area contributed by atoms with Gasteiger partial charge in [0.2, 0.25) is 0 Å². The van der Waals surface area contributed by atoms with Crippen LogP contribution in [0, 0.1) is 0 Å². The number of benzene rings is 1. The monoisotopic (exact) mass is 323 g/mol. The molecule has 0 fully saturated rings. The van der Waals surface area contributed by atoms with Crippen LogP contribution in [-0.4, -0.2) is 45.5 Å². The molecular formula is C18H17N3O3. The van der Waals surface area contributed by atoms with Gasteiger partial charge in [-0.05, 0) is 29.8 Å². The molecule has 0 spiro atoms. The lowest BCUT2D eigenvalue weighted by atomic mass is 10.0. The fourth-order valence-corrected chi connectivity index (χ4v) is 2.64. The molecular weight excluding hydrogens is 306 g/mol. The minimum atomic E-state index is -0.879. The maximum atomic E-state index is 12.1. The van der Waals surface area contributed by atoms with Gasteiger partial charge >= 0.3 is 5.97 Å². The van der Waals surface area contributed by atoms with Crippen molar-refractivity contribution in [2.45, 2.75) is 6.54 Å². The third-order valence-corrected chi connectivity index (χ3v) is 3.80. The minimum Gasteiger partial charge on any atom is -0.480 e. The Kier molecular flexibility index (Phi) is 4.04. The summed E-state index contributed by atoms with van der Waals surface area (Å²) in [5.41, 5.74) is 3.16. The highest BCUT2D eigenvalue weighted by Gasteiger charge is 2.11. The van der Waals surface area contributed by atoms with Crippen LogP contribution in [0.4, 0.5) is 0 Å². The van der Waals surface area contributed by atoms with Crippen LogP contribution in [0.15, 0.2) is 48.9 Å². The average Bonchev–Trinajstić information content (AvgIpc) is 2.95. The Morgan fingerprint density at radius 1 is 1.12 bits per heavy atom. The Balaban J connectivity index is 2.00. The Hall–Kier alpha value is -3.15. The SMILES string of the molecule is CN(C)C(=O)c1cncc(-c2ccc3c(ccn3CC(=O)O)c2)c1. The van der Waals surface area contributed by atoms with E-state index in [9.17, 15) is 9.59 Å². The minimum absolute atomic E-state index is 0.0722. The van der Waals surface area contributed by atoms with Gasteiger partial charge in [-0.2, -0.15) is 0 Å². The van der Waals surface area contributed by atoms with Crippen molar-refractivity contribution in [3.63, 3.8) is 0 Å². The Bertz CT molecular complexity index is 928. The van der Waals surface area contributed by atoms with Crippen LogP contribution in [0.5, 0.6) is 0 Å². The summed E-state index contributed by atoms with van der Waals surface area (Å²) in [6.45, 7) is -0.0722. The molecule has 1 amide bonds. The maximum Gasteiger partial charge on any atom is 0.323 e. The Morgan fingerprint density at radius 2 is 1.92 bits per heavy atom. The zero-order chi connectivity index (χ0) is 17.3. The van der Waals surface area contributed by atoms with Crippen molar-refractivity contribution in [2.75, 3.05) is 14.1 Å². The molecule has 3 aromatic rings. The van der Waals surface area contributed by atoms with Gasteiger partial charge in [-0.1, -0.05) is 6.07 Å². The third kappa shape index (κ3) is 2.99. The van der Waals surface area contributed by atoms with E-state index in [1.165, 1.54) is 4.90 Å². The molecule has 0 aliphatic heterocycles. The molecule has 1 N–H and O–H groups in total. The molecule has 122 valence electrons. The number of pyridine rings is 1. The van der Waals surface area contributed by atoms with Crippen molar-refractivity contribution < 1.29 is 14.7 Å². The van der Waals surface area contributed by atoms with E-state index >= 15 is 0 Å². The largest absolute Gasteiger partial charge is 0.480 e. The second kappa shape index (κ2) is 6.16. The van der Waals surface area contributed by atoms with Gasteiger partial charge < -0.3 is 14.6 Å². The van der Waals surface area contributed by atoms with Crippen molar-refractivity contribution in [1.82, 2.24) is 14.5 Å². The lowest BCUT2D eigenvalue weighted by molar-refractivity contribution is -0.137. The molecule has 0 radical (unpaired) electrons. The van der Waals surface area contributed by atoms with Gasteiger partial charge in [-0.15, -0.1) is 0 Å². The standard InChI is InChI=1S/C18H17N3O3/c1-20(2)18(24)15-8-14(9-19-10-15)12-3-4-16-13(7-12)5-6-21(16)11-17(22)23/h3-10H,11H2,1-2H3,(H,22,23). The first-order valence-electron chi connectivity index (χ1n) is 7.43. The summed E-state index contributed by atoms with van der Waals surface area (Å²) in [5, 5.41) is 9.88. The third-order valence-electron chi connectivity index (χ3n) is 3.80. The zero-order valence-corrected chi connectivity index (χ0v) is 13.4. The van der Waals surface area contributed by atoms with E-state index in [1.807, 2.05) is 30.3 Å². The number of aliphatic carboxylic acids is 1. The molecule has 6 nitrogen and oxygen atoms in total. The highest BCUT2D eigenvalue weighted by atomic mass is 16.4. The van der Waals surface area contributed by atoms with E-state index in [0.29, 0.717) is 5.56 Å². The molecule has 0 aliphatic rings. The van der Waals surface area contributed by atoms with Crippen molar-refractivity contribution >= 4 is 22.8 Å². The fourth-order valence-electron chi connectivity index (χ4n) is 2.64. The Labute approximate surface area is 139 Å². The molecule has 0 saturated heterocycles. The number of carboxylic acid groups (broad SMARTS) is 1. The van der Waals surface area contributed by atoms with Crippen LogP contribution >= 0.6 is 0 Å². The molecule has 3 rings (SSSR count). The van der Waals surface area contributed by atoms with Crippen molar-refractivity contribution in [1.29, 1.82) is 0 Å². The summed E-state index contributed by atoms with van der Waals surface area (Å²) in [5.74, 6) is -0.978. The average molecular weight is 323 g/mol. The lowest BCUT2D eigenvalue weighted by Gasteiger charge is -2.11. The van der Waals surface area contributed by atoms with E-state index in [1.54, 1.807) is 37.3 Å². The summed E-state index contributed by atoms with van der Waals surface area (Å²) in [7, 11) is 3.40. The van der Waals surface area contributed by atoms with Crippen molar-refractivity contribution in [3.8, 4) is 11.1 Å². The van der Waals surface area contributed by atoms with Crippen molar-refractivity contribution in [2.24, 2.45) is 0 Å². The fraction of sp³-hybridized carbons (Fsp3) is 0.167. The maximum absolute atomic E-state index is 12.1. The van der Waals surface area contributed by atoms with E-state index in [0.717, 1.165) is 22.0 Å².